The van der Waals surface area contributed by atoms with Gasteiger partial charge in [-0.05, 0) is 47.9 Å². The molecule has 31 heavy (non-hydrogen) atoms. The van der Waals surface area contributed by atoms with Crippen LogP contribution in [0.15, 0.2) is 71.5 Å². The molecule has 0 spiro atoms. The van der Waals surface area contributed by atoms with Gasteiger partial charge in [0.1, 0.15) is 16.4 Å². The van der Waals surface area contributed by atoms with Crippen molar-refractivity contribution in [3.63, 3.8) is 0 Å². The molecule has 0 unspecified atom stereocenters. The molecule has 154 valence electrons. The summed E-state index contributed by atoms with van der Waals surface area (Å²) in [6.45, 7) is 2.09. The Balaban J connectivity index is 1.46. The highest BCUT2D eigenvalue weighted by Crippen LogP contribution is 2.36. The predicted octanol–water partition coefficient (Wildman–Crippen LogP) is 4.38. The van der Waals surface area contributed by atoms with Gasteiger partial charge in [0.15, 0.2) is 0 Å². The van der Waals surface area contributed by atoms with Gasteiger partial charge in [-0.2, -0.15) is 4.98 Å². The van der Waals surface area contributed by atoms with Crippen LogP contribution in [0.25, 0.3) is 10.8 Å². The lowest BCUT2D eigenvalue weighted by Crippen LogP contribution is -2.31. The minimum Gasteiger partial charge on any atom is -0.383 e. The van der Waals surface area contributed by atoms with Crippen molar-refractivity contribution in [2.75, 3.05) is 16.0 Å². The maximum atomic E-state index is 13.0. The van der Waals surface area contributed by atoms with Gasteiger partial charge in [0, 0.05) is 17.4 Å². The first-order valence-electron chi connectivity index (χ1n) is 10.1. The van der Waals surface area contributed by atoms with Crippen molar-refractivity contribution in [1.82, 2.24) is 9.97 Å². The van der Waals surface area contributed by atoms with Crippen LogP contribution in [0.3, 0.4) is 0 Å². The van der Waals surface area contributed by atoms with Gasteiger partial charge in [0.2, 0.25) is 5.95 Å². The maximum Gasteiger partial charge on any atom is 0.264 e. The third-order valence-electron chi connectivity index (χ3n) is 5.60. The number of aromatic nitrogens is 2. The molecule has 2 heterocycles. The van der Waals surface area contributed by atoms with E-state index in [4.69, 9.17) is 18.0 Å². The summed E-state index contributed by atoms with van der Waals surface area (Å²) in [4.78, 5) is 22.6. The molecular formula is C24H21N5OS. The number of H-pyrrole nitrogens is 1. The largest absolute Gasteiger partial charge is 0.383 e. The number of nitrogens with one attached hydrogen (secondary N) is 2. The van der Waals surface area contributed by atoms with Gasteiger partial charge in [0.05, 0.1) is 0 Å². The number of fused-ring (bicyclic) bond motifs is 2. The summed E-state index contributed by atoms with van der Waals surface area (Å²) < 4.78 is 0. The Labute approximate surface area is 184 Å². The molecule has 0 fully saturated rings. The molecule has 7 heteroatoms. The maximum absolute atomic E-state index is 13.0. The normalized spacial score (nSPS) is 15.1. The summed E-state index contributed by atoms with van der Waals surface area (Å²) in [7, 11) is 0. The van der Waals surface area contributed by atoms with Crippen molar-refractivity contribution in [1.29, 1.82) is 0 Å². The number of thiocarbonyl (C=S) groups is 1. The minimum atomic E-state index is -0.364. The number of benzene rings is 3. The van der Waals surface area contributed by atoms with Crippen LogP contribution in [-0.2, 0) is 6.42 Å². The smallest absolute Gasteiger partial charge is 0.264 e. The Kier molecular flexibility index (Phi) is 4.67. The van der Waals surface area contributed by atoms with Crippen LogP contribution in [0.4, 0.5) is 23.1 Å². The van der Waals surface area contributed by atoms with Gasteiger partial charge in [-0.3, -0.25) is 9.78 Å². The lowest BCUT2D eigenvalue weighted by Gasteiger charge is -2.23. The summed E-state index contributed by atoms with van der Waals surface area (Å²) in [5.74, 6) is 0.533. The van der Waals surface area contributed by atoms with Gasteiger partial charge >= 0.3 is 0 Å². The molecule has 0 saturated heterocycles. The molecule has 1 aliphatic heterocycles. The van der Waals surface area contributed by atoms with Crippen LogP contribution in [0.5, 0.6) is 0 Å². The Morgan fingerprint density at radius 1 is 1.13 bits per heavy atom. The molecular weight excluding hydrogens is 406 g/mol. The second-order valence-electron chi connectivity index (χ2n) is 7.72. The molecule has 4 aromatic rings. The van der Waals surface area contributed by atoms with Crippen molar-refractivity contribution in [3.8, 4) is 0 Å². The number of hydrogen-bond donors (Lipinski definition) is 3. The number of hydrogen-bond acceptors (Lipinski definition) is 5. The van der Waals surface area contributed by atoms with Crippen LogP contribution < -0.4 is 21.5 Å². The van der Waals surface area contributed by atoms with E-state index in [9.17, 15) is 4.79 Å². The Hall–Kier alpha value is -3.71. The number of rotatable bonds is 3. The number of para-hydroxylation sites is 1. The zero-order valence-electron chi connectivity index (χ0n) is 16.9. The topological polar surface area (TPSA) is 87.0 Å². The molecule has 1 aliphatic rings. The molecule has 4 N–H and O–H groups in total. The second-order valence-corrected chi connectivity index (χ2v) is 8.13. The number of nitrogens with zero attached hydrogens (tertiary/aromatic N) is 2. The van der Waals surface area contributed by atoms with Crippen molar-refractivity contribution in [3.05, 3.63) is 88.2 Å². The Bertz CT molecular complexity index is 1380. The lowest BCUT2D eigenvalue weighted by atomic mass is 10.1. The van der Waals surface area contributed by atoms with Crippen LogP contribution in [0.1, 0.15) is 18.1 Å². The van der Waals surface area contributed by atoms with E-state index in [2.05, 4.69) is 28.3 Å². The van der Waals surface area contributed by atoms with Gasteiger partial charge in [-0.1, -0.05) is 60.7 Å². The molecule has 0 saturated carbocycles. The number of nitrogens with two attached hydrogens (primary N) is 1. The van der Waals surface area contributed by atoms with Crippen molar-refractivity contribution < 1.29 is 0 Å². The quantitative estimate of drug-likeness (QED) is 0.421. The molecule has 5 rings (SSSR count). The van der Waals surface area contributed by atoms with Gasteiger partial charge in [-0.15, -0.1) is 0 Å². The molecule has 0 bridgehead atoms. The summed E-state index contributed by atoms with van der Waals surface area (Å²) in [6, 6.07) is 22.2. The van der Waals surface area contributed by atoms with Crippen LogP contribution in [0.2, 0.25) is 0 Å². The zero-order chi connectivity index (χ0) is 21.5. The third kappa shape index (κ3) is 3.43. The highest BCUT2D eigenvalue weighted by Gasteiger charge is 2.29. The van der Waals surface area contributed by atoms with Gasteiger partial charge in [0.25, 0.3) is 5.56 Å². The second kappa shape index (κ2) is 7.52. The fourth-order valence-electron chi connectivity index (χ4n) is 4.16. The standard InChI is InChI=1S/C24H21N5OS/c1-14-12-17-8-4-5-9-19(17)29(14)24-27-21(25)20(22(30)28-24)23(31)26-18-11-10-15-6-2-3-7-16(15)13-18/h2-11,13-14H,12H2,1H3,(H,26,31)(H3,25,27,28,30)/t14-/m1/s1. The molecule has 3 aromatic carbocycles. The van der Waals surface area contributed by atoms with E-state index in [0.29, 0.717) is 5.95 Å². The number of nitrogen functional groups attached to an aromatic ring is 1. The predicted molar refractivity (Wildman–Crippen MR) is 130 cm³/mol. The summed E-state index contributed by atoms with van der Waals surface area (Å²) in [5, 5.41) is 5.33. The first kappa shape index (κ1) is 19.3. The SMILES string of the molecule is C[C@@H]1Cc2ccccc2N1c1nc(N)c(C(=S)Nc2ccc3ccccc3c2)c(=O)[nH]1. The molecule has 0 aliphatic carbocycles. The lowest BCUT2D eigenvalue weighted by molar-refractivity contribution is 0.738. The van der Waals surface area contributed by atoms with Crippen LogP contribution in [-0.4, -0.2) is 21.0 Å². The van der Waals surface area contributed by atoms with E-state index in [1.165, 1.54) is 5.56 Å². The Morgan fingerprint density at radius 2 is 1.87 bits per heavy atom. The van der Waals surface area contributed by atoms with E-state index < -0.39 is 0 Å². The first-order valence-corrected chi connectivity index (χ1v) is 10.5. The fraction of sp³-hybridized carbons (Fsp3) is 0.125. The average molecular weight is 428 g/mol. The van der Waals surface area contributed by atoms with Gasteiger partial charge < -0.3 is 16.0 Å². The van der Waals surface area contributed by atoms with E-state index in [0.717, 1.165) is 28.6 Å². The zero-order valence-corrected chi connectivity index (χ0v) is 17.7. The van der Waals surface area contributed by atoms with Gasteiger partial charge in [-0.25, -0.2) is 0 Å². The molecule has 6 nitrogen and oxygen atoms in total. The number of anilines is 4. The van der Waals surface area contributed by atoms with E-state index in [-0.39, 0.29) is 28.0 Å². The molecule has 1 aromatic heterocycles. The van der Waals surface area contributed by atoms with Crippen LogP contribution in [0, 0.1) is 0 Å². The van der Waals surface area contributed by atoms with Crippen LogP contribution >= 0.6 is 12.2 Å². The molecule has 1 atom stereocenters. The highest BCUT2D eigenvalue weighted by molar-refractivity contribution is 7.81. The monoisotopic (exact) mass is 427 g/mol. The summed E-state index contributed by atoms with van der Waals surface area (Å²) in [6.07, 6.45) is 0.878. The summed E-state index contributed by atoms with van der Waals surface area (Å²) >= 11 is 5.50. The number of aromatic amines is 1. The average Bonchev–Trinajstić information content (AvgIpc) is 3.08. The summed E-state index contributed by atoms with van der Waals surface area (Å²) in [5.41, 5.74) is 9.06. The van der Waals surface area contributed by atoms with E-state index >= 15 is 0 Å². The Morgan fingerprint density at radius 3 is 2.68 bits per heavy atom. The van der Waals surface area contributed by atoms with E-state index in [1.807, 2.05) is 65.6 Å². The third-order valence-corrected chi connectivity index (χ3v) is 5.91. The van der Waals surface area contributed by atoms with Crippen molar-refractivity contribution >= 4 is 51.1 Å². The molecule has 0 radical (unpaired) electrons. The van der Waals surface area contributed by atoms with E-state index in [1.54, 1.807) is 0 Å². The minimum absolute atomic E-state index is 0.105. The van der Waals surface area contributed by atoms with Crippen molar-refractivity contribution in [2.24, 2.45) is 0 Å². The first-order chi connectivity index (χ1) is 15.0. The molecule has 0 amide bonds. The van der Waals surface area contributed by atoms with Crippen molar-refractivity contribution in [2.45, 2.75) is 19.4 Å². The fourth-order valence-corrected chi connectivity index (χ4v) is 4.48. The highest BCUT2D eigenvalue weighted by atomic mass is 32.1.